The van der Waals surface area contributed by atoms with Gasteiger partial charge in [0.1, 0.15) is 11.3 Å². The maximum atomic E-state index is 13.0. The van der Waals surface area contributed by atoms with Gasteiger partial charge in [0.05, 0.1) is 20.1 Å². The Morgan fingerprint density at radius 3 is 2.59 bits per heavy atom. The van der Waals surface area contributed by atoms with Crippen molar-refractivity contribution in [3.63, 3.8) is 0 Å². The summed E-state index contributed by atoms with van der Waals surface area (Å²) in [5.41, 5.74) is -0.501. The maximum absolute atomic E-state index is 13.0. The molecule has 0 saturated carbocycles. The smallest absolute Gasteiger partial charge is 0.325 e. The monoisotopic (exact) mass is 398 g/mol. The van der Waals surface area contributed by atoms with Gasteiger partial charge in [0.15, 0.2) is 0 Å². The van der Waals surface area contributed by atoms with Crippen molar-refractivity contribution in [3.05, 3.63) is 42.0 Å². The minimum absolute atomic E-state index is 0.00397. The number of imide groups is 1. The van der Waals surface area contributed by atoms with Gasteiger partial charge in [0.25, 0.3) is 5.91 Å². The lowest BCUT2D eigenvalue weighted by molar-refractivity contribution is -0.144. The molecule has 3 amide bonds. The second kappa shape index (κ2) is 8.51. The highest BCUT2D eigenvalue weighted by atomic mass is 16.5. The topological polar surface area (TPSA) is 84.9 Å². The van der Waals surface area contributed by atoms with E-state index in [0.29, 0.717) is 12.2 Å². The van der Waals surface area contributed by atoms with Crippen LogP contribution in [0.2, 0.25) is 0 Å². The van der Waals surface area contributed by atoms with Gasteiger partial charge in [0.2, 0.25) is 0 Å². The van der Waals surface area contributed by atoms with Gasteiger partial charge >= 0.3 is 12.0 Å². The Kier molecular flexibility index (Phi) is 6.06. The first-order chi connectivity index (χ1) is 13.9. The van der Waals surface area contributed by atoms with Crippen molar-refractivity contribution in [2.75, 3.05) is 20.3 Å². The van der Waals surface area contributed by atoms with Crippen LogP contribution in [-0.4, -0.2) is 43.1 Å². The molecule has 154 valence electrons. The number of carbonyl (C=O) groups excluding carboxylic acids is 3. The molecule has 7 heteroatoms. The molecule has 0 aliphatic carbocycles. The quantitative estimate of drug-likeness (QED) is 0.419. The zero-order valence-corrected chi connectivity index (χ0v) is 17.0. The normalized spacial score (nSPS) is 18.8. The van der Waals surface area contributed by atoms with E-state index in [0.717, 1.165) is 34.3 Å². The minimum Gasteiger partial charge on any atom is -0.497 e. The van der Waals surface area contributed by atoms with Crippen LogP contribution >= 0.6 is 0 Å². The van der Waals surface area contributed by atoms with E-state index < -0.39 is 17.5 Å². The molecule has 1 saturated heterocycles. The molecule has 1 aliphatic rings. The van der Waals surface area contributed by atoms with Gasteiger partial charge in [-0.15, -0.1) is 0 Å². The lowest BCUT2D eigenvalue weighted by Gasteiger charge is -2.22. The van der Waals surface area contributed by atoms with Crippen LogP contribution in [0.5, 0.6) is 5.75 Å². The number of unbranched alkanes of at least 4 members (excludes halogenated alkanes) is 1. The summed E-state index contributed by atoms with van der Waals surface area (Å²) in [7, 11) is 1.61. The summed E-state index contributed by atoms with van der Waals surface area (Å²) in [6.45, 7) is 4.04. The second-order valence-corrected chi connectivity index (χ2v) is 7.26. The third kappa shape index (κ3) is 4.18. The van der Waals surface area contributed by atoms with E-state index in [1.807, 2.05) is 43.3 Å². The summed E-state index contributed by atoms with van der Waals surface area (Å²) in [5, 5.41) is 4.68. The van der Waals surface area contributed by atoms with Crippen LogP contribution in [0.15, 0.2) is 36.4 Å². The zero-order valence-electron chi connectivity index (χ0n) is 17.0. The van der Waals surface area contributed by atoms with Gasteiger partial charge in [-0.3, -0.25) is 14.5 Å². The van der Waals surface area contributed by atoms with Gasteiger partial charge in [-0.1, -0.05) is 31.5 Å². The molecule has 1 fully saturated rings. The number of nitrogens with zero attached hydrogens (tertiary/aromatic N) is 1. The number of nitrogens with one attached hydrogen (secondary N) is 1. The van der Waals surface area contributed by atoms with Gasteiger partial charge in [-0.05, 0) is 47.9 Å². The summed E-state index contributed by atoms with van der Waals surface area (Å²) in [6, 6.07) is 10.8. The molecular weight excluding hydrogens is 372 g/mol. The van der Waals surface area contributed by atoms with E-state index in [-0.39, 0.29) is 18.9 Å². The van der Waals surface area contributed by atoms with Crippen LogP contribution in [0.3, 0.4) is 0 Å². The van der Waals surface area contributed by atoms with Crippen LogP contribution in [0.4, 0.5) is 4.79 Å². The molecular formula is C22H26N2O5. The van der Waals surface area contributed by atoms with Crippen molar-refractivity contribution in [1.82, 2.24) is 10.2 Å². The lowest BCUT2D eigenvalue weighted by atomic mass is 9.90. The maximum Gasteiger partial charge on any atom is 0.325 e. The van der Waals surface area contributed by atoms with E-state index in [9.17, 15) is 14.4 Å². The summed E-state index contributed by atoms with van der Waals surface area (Å²) in [5.74, 6) is -0.0391. The van der Waals surface area contributed by atoms with Crippen LogP contribution < -0.4 is 10.1 Å². The number of esters is 1. The number of urea groups is 1. The highest BCUT2D eigenvalue weighted by Gasteiger charge is 2.48. The Balaban J connectivity index is 1.74. The largest absolute Gasteiger partial charge is 0.497 e. The first-order valence-electron chi connectivity index (χ1n) is 9.77. The Hall–Kier alpha value is -3.09. The Bertz CT molecular complexity index is 942. The van der Waals surface area contributed by atoms with E-state index in [2.05, 4.69) is 5.32 Å². The first-order valence-corrected chi connectivity index (χ1v) is 9.77. The van der Waals surface area contributed by atoms with E-state index in [4.69, 9.17) is 9.47 Å². The van der Waals surface area contributed by atoms with Gasteiger partial charge in [-0.25, -0.2) is 4.79 Å². The van der Waals surface area contributed by atoms with Crippen LogP contribution in [0.1, 0.15) is 38.7 Å². The predicted octanol–water partition coefficient (Wildman–Crippen LogP) is 3.35. The molecule has 7 nitrogen and oxygen atoms in total. The number of carbonyl (C=O) groups is 3. The number of ether oxygens (including phenoxy) is 2. The molecule has 0 unspecified atom stereocenters. The summed E-state index contributed by atoms with van der Waals surface area (Å²) in [4.78, 5) is 38.3. The van der Waals surface area contributed by atoms with Crippen LogP contribution in [0.25, 0.3) is 10.8 Å². The highest BCUT2D eigenvalue weighted by Crippen LogP contribution is 2.32. The average molecular weight is 398 g/mol. The average Bonchev–Trinajstić information content (AvgIpc) is 2.94. The fourth-order valence-electron chi connectivity index (χ4n) is 3.36. The number of methoxy groups -OCH3 is 1. The minimum atomic E-state index is -1.18. The molecule has 29 heavy (non-hydrogen) atoms. The molecule has 0 radical (unpaired) electrons. The summed E-state index contributed by atoms with van der Waals surface area (Å²) in [6.07, 6.45) is 1.70. The molecule has 2 aromatic rings. The standard InChI is InChI=1S/C22H26N2O5/c1-4-5-12-29-19(25)10-11-24-20(26)22(2,23-21(24)27)17-8-6-16-14-18(28-3)9-7-15(16)13-17/h6-9,13-14H,4-5,10-12H2,1-3H3,(H,23,27)/t22-/m1/s1. The van der Waals surface area contributed by atoms with Crippen molar-refractivity contribution >= 4 is 28.7 Å². The molecule has 2 aromatic carbocycles. The third-order valence-electron chi connectivity index (χ3n) is 5.20. The number of hydrogen-bond donors (Lipinski definition) is 1. The van der Waals surface area contributed by atoms with E-state index >= 15 is 0 Å². The van der Waals surface area contributed by atoms with Crippen LogP contribution in [-0.2, 0) is 19.9 Å². The molecule has 0 aromatic heterocycles. The number of benzene rings is 2. The lowest BCUT2D eigenvalue weighted by Crippen LogP contribution is -2.41. The van der Waals surface area contributed by atoms with Crippen molar-refractivity contribution in [2.24, 2.45) is 0 Å². The molecule has 1 atom stereocenters. The molecule has 0 spiro atoms. The van der Waals surface area contributed by atoms with Crippen molar-refractivity contribution < 1.29 is 23.9 Å². The highest BCUT2D eigenvalue weighted by molar-refractivity contribution is 6.07. The van der Waals surface area contributed by atoms with Gasteiger partial charge < -0.3 is 14.8 Å². The third-order valence-corrected chi connectivity index (χ3v) is 5.20. The summed E-state index contributed by atoms with van der Waals surface area (Å²) < 4.78 is 10.3. The van der Waals surface area contributed by atoms with Gasteiger partial charge in [0, 0.05) is 6.54 Å². The fourth-order valence-corrected chi connectivity index (χ4v) is 3.36. The molecule has 1 N–H and O–H groups in total. The SMILES string of the molecule is CCCCOC(=O)CCN1C(=O)N[C@](C)(c2ccc3cc(OC)ccc3c2)C1=O. The number of rotatable bonds is 8. The van der Waals surface area contributed by atoms with Crippen molar-refractivity contribution in [3.8, 4) is 5.75 Å². The van der Waals surface area contributed by atoms with Crippen LogP contribution in [0, 0.1) is 0 Å². The molecule has 3 rings (SSSR count). The first kappa shape index (κ1) is 20.6. The predicted molar refractivity (Wildman–Crippen MR) is 109 cm³/mol. The van der Waals surface area contributed by atoms with Crippen molar-refractivity contribution in [1.29, 1.82) is 0 Å². The van der Waals surface area contributed by atoms with Crippen molar-refractivity contribution in [2.45, 2.75) is 38.6 Å². The Labute approximate surface area is 170 Å². The Morgan fingerprint density at radius 2 is 1.86 bits per heavy atom. The molecule has 0 bridgehead atoms. The number of amides is 3. The fraction of sp³-hybridized carbons (Fsp3) is 0.409. The second-order valence-electron chi connectivity index (χ2n) is 7.26. The summed E-state index contributed by atoms with van der Waals surface area (Å²) >= 11 is 0. The Morgan fingerprint density at radius 1 is 1.14 bits per heavy atom. The van der Waals surface area contributed by atoms with E-state index in [1.165, 1.54) is 0 Å². The van der Waals surface area contributed by atoms with Gasteiger partial charge in [-0.2, -0.15) is 0 Å². The molecule has 1 heterocycles. The number of hydrogen-bond acceptors (Lipinski definition) is 5. The van der Waals surface area contributed by atoms with E-state index in [1.54, 1.807) is 14.0 Å². The number of fused-ring (bicyclic) bond motifs is 1. The molecule has 1 aliphatic heterocycles. The zero-order chi connectivity index (χ0) is 21.0.